The molecule has 2 rings (SSSR count). The molecule has 2 aromatic carbocycles. The number of aryl methyl sites for hydroxylation is 1. The van der Waals surface area contributed by atoms with E-state index >= 15 is 0 Å². The average molecular weight is 296 g/mol. The summed E-state index contributed by atoms with van der Waals surface area (Å²) in [5.41, 5.74) is 2.92. The summed E-state index contributed by atoms with van der Waals surface area (Å²) < 4.78 is 0. The summed E-state index contributed by atoms with van der Waals surface area (Å²) in [4.78, 5) is 22.8. The van der Waals surface area contributed by atoms with E-state index in [-0.39, 0.29) is 11.8 Å². The summed E-state index contributed by atoms with van der Waals surface area (Å²) in [7, 11) is 0. The van der Waals surface area contributed by atoms with Crippen molar-refractivity contribution in [2.75, 3.05) is 5.32 Å². The smallest absolute Gasteiger partial charge is 0.221 e. The SMILES string of the molecule is CC(=O)Nc1ccc(CNC(=O)CCc2ccccc2)cc1. The third kappa shape index (κ3) is 5.40. The lowest BCUT2D eigenvalue weighted by Gasteiger charge is -2.07. The van der Waals surface area contributed by atoms with Crippen LogP contribution < -0.4 is 10.6 Å². The highest BCUT2D eigenvalue weighted by atomic mass is 16.2. The number of nitrogens with one attached hydrogen (secondary N) is 2. The molecule has 0 aromatic heterocycles. The van der Waals surface area contributed by atoms with Crippen LogP contribution in [0.4, 0.5) is 5.69 Å². The number of hydrogen-bond acceptors (Lipinski definition) is 2. The fraction of sp³-hybridized carbons (Fsp3) is 0.222. The molecule has 0 radical (unpaired) electrons. The largest absolute Gasteiger partial charge is 0.352 e. The standard InChI is InChI=1S/C18H20N2O2/c1-14(21)20-17-10-7-16(8-11-17)13-19-18(22)12-9-15-5-3-2-4-6-15/h2-8,10-11H,9,12-13H2,1H3,(H,19,22)(H,20,21). The summed E-state index contributed by atoms with van der Waals surface area (Å²) in [6.07, 6.45) is 1.22. The highest BCUT2D eigenvalue weighted by Gasteiger charge is 2.02. The van der Waals surface area contributed by atoms with Crippen molar-refractivity contribution >= 4 is 17.5 Å². The first-order valence-electron chi connectivity index (χ1n) is 7.30. The molecule has 0 aliphatic carbocycles. The van der Waals surface area contributed by atoms with Crippen LogP contribution in [-0.2, 0) is 22.6 Å². The fourth-order valence-electron chi connectivity index (χ4n) is 2.10. The number of benzene rings is 2. The van der Waals surface area contributed by atoms with Crippen molar-refractivity contribution < 1.29 is 9.59 Å². The maximum absolute atomic E-state index is 11.8. The van der Waals surface area contributed by atoms with Gasteiger partial charge in [0.25, 0.3) is 0 Å². The van der Waals surface area contributed by atoms with Gasteiger partial charge in [-0.2, -0.15) is 0 Å². The van der Waals surface area contributed by atoms with Crippen LogP contribution >= 0.6 is 0 Å². The second kappa shape index (κ2) is 7.98. The van der Waals surface area contributed by atoms with Crippen LogP contribution in [0.25, 0.3) is 0 Å². The number of carbonyl (C=O) groups excluding carboxylic acids is 2. The van der Waals surface area contributed by atoms with E-state index in [0.29, 0.717) is 13.0 Å². The Morgan fingerprint density at radius 2 is 1.59 bits per heavy atom. The van der Waals surface area contributed by atoms with Crippen LogP contribution in [0.15, 0.2) is 54.6 Å². The monoisotopic (exact) mass is 296 g/mol. The summed E-state index contributed by atoms with van der Waals surface area (Å²) in [5, 5.41) is 5.61. The van der Waals surface area contributed by atoms with Crippen molar-refractivity contribution in [2.45, 2.75) is 26.3 Å². The summed E-state index contributed by atoms with van der Waals surface area (Å²) in [6.45, 7) is 1.97. The normalized spacial score (nSPS) is 10.0. The van der Waals surface area contributed by atoms with Crippen molar-refractivity contribution in [1.29, 1.82) is 0 Å². The molecule has 0 aliphatic rings. The zero-order valence-corrected chi connectivity index (χ0v) is 12.6. The van der Waals surface area contributed by atoms with Crippen LogP contribution in [0.1, 0.15) is 24.5 Å². The van der Waals surface area contributed by atoms with E-state index in [0.717, 1.165) is 23.2 Å². The predicted octanol–water partition coefficient (Wildman–Crippen LogP) is 2.89. The molecule has 2 aromatic rings. The first kappa shape index (κ1) is 15.8. The van der Waals surface area contributed by atoms with Crippen LogP contribution in [0.3, 0.4) is 0 Å². The third-order valence-electron chi connectivity index (χ3n) is 3.25. The lowest BCUT2D eigenvalue weighted by atomic mass is 10.1. The van der Waals surface area contributed by atoms with Gasteiger partial charge in [0.2, 0.25) is 11.8 Å². The van der Waals surface area contributed by atoms with Crippen molar-refractivity contribution in [2.24, 2.45) is 0 Å². The molecule has 4 heteroatoms. The molecule has 2 N–H and O–H groups in total. The number of hydrogen-bond donors (Lipinski definition) is 2. The molecular formula is C18H20N2O2. The second-order valence-electron chi connectivity index (χ2n) is 5.14. The Morgan fingerprint density at radius 3 is 2.23 bits per heavy atom. The average Bonchev–Trinajstić information content (AvgIpc) is 2.53. The molecule has 0 aliphatic heterocycles. The first-order valence-corrected chi connectivity index (χ1v) is 7.30. The predicted molar refractivity (Wildman–Crippen MR) is 87.4 cm³/mol. The van der Waals surface area contributed by atoms with E-state index in [1.807, 2.05) is 54.6 Å². The van der Waals surface area contributed by atoms with E-state index in [4.69, 9.17) is 0 Å². The Balaban J connectivity index is 1.75. The van der Waals surface area contributed by atoms with Crippen molar-refractivity contribution in [3.05, 3.63) is 65.7 Å². The third-order valence-corrected chi connectivity index (χ3v) is 3.25. The van der Waals surface area contributed by atoms with Crippen LogP contribution in [0.5, 0.6) is 0 Å². The Morgan fingerprint density at radius 1 is 0.909 bits per heavy atom. The van der Waals surface area contributed by atoms with Gasteiger partial charge in [-0.1, -0.05) is 42.5 Å². The van der Waals surface area contributed by atoms with Crippen molar-refractivity contribution in [3.8, 4) is 0 Å². The molecule has 0 spiro atoms. The highest BCUT2D eigenvalue weighted by molar-refractivity contribution is 5.88. The molecule has 4 nitrogen and oxygen atoms in total. The van der Waals surface area contributed by atoms with Gasteiger partial charge < -0.3 is 10.6 Å². The molecule has 0 fully saturated rings. The zero-order chi connectivity index (χ0) is 15.8. The maximum atomic E-state index is 11.8. The first-order chi connectivity index (χ1) is 10.6. The molecule has 0 saturated carbocycles. The number of anilines is 1. The fourth-order valence-corrected chi connectivity index (χ4v) is 2.10. The van der Waals surface area contributed by atoms with E-state index in [1.54, 1.807) is 0 Å². The van der Waals surface area contributed by atoms with Crippen LogP contribution in [0.2, 0.25) is 0 Å². The Hall–Kier alpha value is -2.62. The number of rotatable bonds is 6. The lowest BCUT2D eigenvalue weighted by molar-refractivity contribution is -0.121. The number of amides is 2. The van der Waals surface area contributed by atoms with E-state index in [2.05, 4.69) is 10.6 Å². The molecule has 22 heavy (non-hydrogen) atoms. The molecule has 0 atom stereocenters. The van der Waals surface area contributed by atoms with Crippen LogP contribution in [-0.4, -0.2) is 11.8 Å². The molecular weight excluding hydrogens is 276 g/mol. The minimum Gasteiger partial charge on any atom is -0.352 e. The topological polar surface area (TPSA) is 58.2 Å². The van der Waals surface area contributed by atoms with E-state index in [9.17, 15) is 9.59 Å². The second-order valence-corrected chi connectivity index (χ2v) is 5.14. The highest BCUT2D eigenvalue weighted by Crippen LogP contribution is 2.09. The zero-order valence-electron chi connectivity index (χ0n) is 12.6. The Kier molecular flexibility index (Phi) is 5.72. The molecule has 114 valence electrons. The number of carbonyl (C=O) groups is 2. The summed E-state index contributed by atoms with van der Waals surface area (Å²) >= 11 is 0. The molecule has 0 unspecified atom stereocenters. The van der Waals surface area contributed by atoms with E-state index < -0.39 is 0 Å². The molecule has 0 saturated heterocycles. The van der Waals surface area contributed by atoms with Gasteiger partial charge in [0.15, 0.2) is 0 Å². The minimum absolute atomic E-state index is 0.0368. The van der Waals surface area contributed by atoms with Crippen molar-refractivity contribution in [1.82, 2.24) is 5.32 Å². The van der Waals surface area contributed by atoms with Gasteiger partial charge in [-0.05, 0) is 29.7 Å². The minimum atomic E-state index is -0.0954. The molecule has 0 bridgehead atoms. The summed E-state index contributed by atoms with van der Waals surface area (Å²) in [5.74, 6) is -0.0586. The van der Waals surface area contributed by atoms with Gasteiger partial charge >= 0.3 is 0 Å². The summed E-state index contributed by atoms with van der Waals surface area (Å²) in [6, 6.07) is 17.4. The van der Waals surface area contributed by atoms with Gasteiger partial charge in [0.05, 0.1) is 0 Å². The maximum Gasteiger partial charge on any atom is 0.221 e. The van der Waals surface area contributed by atoms with Gasteiger partial charge in [0, 0.05) is 25.6 Å². The van der Waals surface area contributed by atoms with Gasteiger partial charge in [-0.15, -0.1) is 0 Å². The van der Waals surface area contributed by atoms with Crippen molar-refractivity contribution in [3.63, 3.8) is 0 Å². The van der Waals surface area contributed by atoms with E-state index in [1.165, 1.54) is 6.92 Å². The quantitative estimate of drug-likeness (QED) is 0.861. The van der Waals surface area contributed by atoms with Gasteiger partial charge in [-0.3, -0.25) is 9.59 Å². The lowest BCUT2D eigenvalue weighted by Crippen LogP contribution is -2.23. The Bertz CT molecular complexity index is 621. The van der Waals surface area contributed by atoms with Gasteiger partial charge in [0.1, 0.15) is 0 Å². The Labute approximate surface area is 130 Å². The molecule has 2 amide bonds. The van der Waals surface area contributed by atoms with Crippen LogP contribution in [0, 0.1) is 0 Å². The van der Waals surface area contributed by atoms with Gasteiger partial charge in [-0.25, -0.2) is 0 Å². The molecule has 0 heterocycles.